The van der Waals surface area contributed by atoms with Gasteiger partial charge < -0.3 is 10.4 Å². The van der Waals surface area contributed by atoms with Crippen molar-refractivity contribution in [3.05, 3.63) is 0 Å². The minimum absolute atomic E-state index is 0.169. The number of hydrogen-bond acceptors (Lipinski definition) is 4. The summed E-state index contributed by atoms with van der Waals surface area (Å²) in [7, 11) is 0. The number of aliphatic hydroxyl groups is 1. The largest absolute Gasteiger partial charge is 0.396 e. The van der Waals surface area contributed by atoms with Crippen molar-refractivity contribution in [1.82, 2.24) is 10.6 Å². The van der Waals surface area contributed by atoms with Crippen molar-refractivity contribution >= 4 is 11.8 Å². The van der Waals surface area contributed by atoms with E-state index in [1.54, 1.807) is 0 Å². The van der Waals surface area contributed by atoms with Crippen LogP contribution >= 0.6 is 0 Å². The molecule has 0 aromatic carbocycles. The van der Waals surface area contributed by atoms with Crippen LogP contribution in [-0.2, 0) is 9.59 Å². The fraction of sp³-hybridized carbons (Fsp3) is 0.818. The highest BCUT2D eigenvalue weighted by Crippen LogP contribution is 2.11. The first-order valence-electron chi connectivity index (χ1n) is 5.85. The van der Waals surface area contributed by atoms with Gasteiger partial charge in [0.25, 0.3) is 0 Å². The zero-order valence-electron chi connectivity index (χ0n) is 9.66. The van der Waals surface area contributed by atoms with E-state index in [0.717, 1.165) is 19.3 Å². The molecule has 2 unspecified atom stereocenters. The molecule has 1 fully saturated rings. The van der Waals surface area contributed by atoms with Gasteiger partial charge in [0.1, 0.15) is 0 Å². The molecule has 1 heterocycles. The minimum Gasteiger partial charge on any atom is -0.396 e. The SMILES string of the molecule is CCCC(CCO)CNC1CC(=O)NC1=O. The second-order valence-corrected chi connectivity index (χ2v) is 4.24. The molecule has 16 heavy (non-hydrogen) atoms. The molecule has 0 saturated carbocycles. The molecule has 2 atom stereocenters. The van der Waals surface area contributed by atoms with Gasteiger partial charge >= 0.3 is 0 Å². The summed E-state index contributed by atoms with van der Waals surface area (Å²) < 4.78 is 0. The molecule has 0 radical (unpaired) electrons. The average molecular weight is 228 g/mol. The Balaban J connectivity index is 2.31. The topological polar surface area (TPSA) is 78.4 Å². The molecule has 3 N–H and O–H groups in total. The van der Waals surface area contributed by atoms with Crippen LogP contribution in [0.25, 0.3) is 0 Å². The normalized spacial score (nSPS) is 22.2. The Labute approximate surface area is 95.6 Å². The fourth-order valence-electron chi connectivity index (χ4n) is 1.97. The van der Waals surface area contributed by atoms with Crippen LogP contribution in [0.4, 0.5) is 0 Å². The molecule has 1 aliphatic heterocycles. The van der Waals surface area contributed by atoms with Crippen LogP contribution in [0.2, 0.25) is 0 Å². The zero-order valence-corrected chi connectivity index (χ0v) is 9.66. The molecule has 0 aromatic heterocycles. The number of aliphatic hydroxyl groups excluding tert-OH is 1. The van der Waals surface area contributed by atoms with E-state index in [-0.39, 0.29) is 30.9 Å². The summed E-state index contributed by atoms with van der Waals surface area (Å²) >= 11 is 0. The van der Waals surface area contributed by atoms with E-state index in [0.29, 0.717) is 12.5 Å². The Kier molecular flexibility index (Phi) is 5.42. The number of imide groups is 1. The lowest BCUT2D eigenvalue weighted by Crippen LogP contribution is -2.39. The highest BCUT2D eigenvalue weighted by atomic mass is 16.3. The third-order valence-corrected chi connectivity index (χ3v) is 2.86. The summed E-state index contributed by atoms with van der Waals surface area (Å²) in [5.74, 6) is -0.0700. The van der Waals surface area contributed by atoms with Crippen molar-refractivity contribution in [1.29, 1.82) is 0 Å². The maximum Gasteiger partial charge on any atom is 0.244 e. The lowest BCUT2D eigenvalue weighted by atomic mass is 10.00. The third-order valence-electron chi connectivity index (χ3n) is 2.86. The van der Waals surface area contributed by atoms with Crippen LogP contribution in [0.15, 0.2) is 0 Å². The van der Waals surface area contributed by atoms with Gasteiger partial charge in [-0.25, -0.2) is 0 Å². The zero-order chi connectivity index (χ0) is 12.0. The first-order valence-corrected chi connectivity index (χ1v) is 5.85. The summed E-state index contributed by atoms with van der Waals surface area (Å²) in [5.41, 5.74) is 0. The van der Waals surface area contributed by atoms with Crippen molar-refractivity contribution in [2.45, 2.75) is 38.6 Å². The maximum atomic E-state index is 11.3. The molecular formula is C11H20N2O3. The summed E-state index contributed by atoms with van der Waals surface area (Å²) in [6.07, 6.45) is 3.05. The van der Waals surface area contributed by atoms with E-state index in [1.807, 2.05) is 0 Å². The third kappa shape index (κ3) is 3.90. The Bertz CT molecular complexity index is 250. The molecule has 0 bridgehead atoms. The van der Waals surface area contributed by atoms with Crippen molar-refractivity contribution in [3.8, 4) is 0 Å². The summed E-state index contributed by atoms with van der Waals surface area (Å²) in [5, 5.41) is 14.2. The number of nitrogens with one attached hydrogen (secondary N) is 2. The number of amides is 2. The van der Waals surface area contributed by atoms with E-state index in [2.05, 4.69) is 17.6 Å². The molecule has 0 aliphatic carbocycles. The van der Waals surface area contributed by atoms with E-state index >= 15 is 0 Å². The lowest BCUT2D eigenvalue weighted by molar-refractivity contribution is -0.125. The van der Waals surface area contributed by atoms with Gasteiger partial charge in [-0.15, -0.1) is 0 Å². The monoisotopic (exact) mass is 228 g/mol. The van der Waals surface area contributed by atoms with E-state index in [4.69, 9.17) is 5.11 Å². The molecule has 1 aliphatic rings. The van der Waals surface area contributed by atoms with Gasteiger partial charge in [0.15, 0.2) is 0 Å². The maximum absolute atomic E-state index is 11.3. The molecule has 5 heteroatoms. The smallest absolute Gasteiger partial charge is 0.244 e. The van der Waals surface area contributed by atoms with Crippen molar-refractivity contribution in [2.75, 3.05) is 13.2 Å². The van der Waals surface area contributed by atoms with Gasteiger partial charge in [0.05, 0.1) is 12.5 Å². The molecular weight excluding hydrogens is 208 g/mol. The van der Waals surface area contributed by atoms with Gasteiger partial charge in [0.2, 0.25) is 11.8 Å². The first-order chi connectivity index (χ1) is 7.67. The molecule has 0 aromatic rings. The summed E-state index contributed by atoms with van der Waals surface area (Å²) in [6.45, 7) is 2.94. The fourth-order valence-corrected chi connectivity index (χ4v) is 1.97. The van der Waals surface area contributed by atoms with Crippen LogP contribution < -0.4 is 10.6 Å². The predicted octanol–water partition coefficient (Wildman–Crippen LogP) is -0.210. The Hall–Kier alpha value is -0.940. The van der Waals surface area contributed by atoms with Crippen LogP contribution in [0, 0.1) is 5.92 Å². The van der Waals surface area contributed by atoms with Gasteiger partial charge in [-0.1, -0.05) is 13.3 Å². The van der Waals surface area contributed by atoms with Crippen LogP contribution in [0.3, 0.4) is 0 Å². The molecule has 1 rings (SSSR count). The molecule has 5 nitrogen and oxygen atoms in total. The summed E-state index contributed by atoms with van der Waals surface area (Å²) in [4.78, 5) is 22.2. The van der Waals surface area contributed by atoms with Crippen LogP contribution in [0.5, 0.6) is 0 Å². The Morgan fingerprint density at radius 2 is 2.25 bits per heavy atom. The second kappa shape index (κ2) is 6.60. The van der Waals surface area contributed by atoms with Crippen molar-refractivity contribution in [3.63, 3.8) is 0 Å². The number of rotatable bonds is 7. The van der Waals surface area contributed by atoms with Crippen molar-refractivity contribution in [2.24, 2.45) is 5.92 Å². The standard InChI is InChI=1S/C11H20N2O3/c1-2-3-8(4-5-14)7-12-9-6-10(15)13-11(9)16/h8-9,12,14H,2-7H2,1H3,(H,13,15,16). The Morgan fingerprint density at radius 1 is 1.50 bits per heavy atom. The molecule has 92 valence electrons. The van der Waals surface area contributed by atoms with E-state index in [9.17, 15) is 9.59 Å². The van der Waals surface area contributed by atoms with Gasteiger partial charge in [-0.3, -0.25) is 14.9 Å². The molecule has 1 saturated heterocycles. The highest BCUT2D eigenvalue weighted by Gasteiger charge is 2.30. The summed E-state index contributed by atoms with van der Waals surface area (Å²) in [6, 6.07) is -0.384. The first kappa shape index (κ1) is 13.1. The second-order valence-electron chi connectivity index (χ2n) is 4.24. The predicted molar refractivity (Wildman–Crippen MR) is 59.7 cm³/mol. The van der Waals surface area contributed by atoms with Gasteiger partial charge in [0, 0.05) is 6.61 Å². The van der Waals surface area contributed by atoms with E-state index < -0.39 is 0 Å². The van der Waals surface area contributed by atoms with Gasteiger partial charge in [-0.2, -0.15) is 0 Å². The number of carbonyl (C=O) groups excluding carboxylic acids is 2. The number of hydrogen-bond donors (Lipinski definition) is 3. The van der Waals surface area contributed by atoms with Gasteiger partial charge in [-0.05, 0) is 25.3 Å². The average Bonchev–Trinajstić information content (AvgIpc) is 2.54. The lowest BCUT2D eigenvalue weighted by Gasteiger charge is -2.17. The number of carbonyl (C=O) groups is 2. The molecule has 2 amide bonds. The van der Waals surface area contributed by atoms with Crippen LogP contribution in [0.1, 0.15) is 32.6 Å². The quantitative estimate of drug-likeness (QED) is 0.527. The minimum atomic E-state index is -0.384. The highest BCUT2D eigenvalue weighted by molar-refractivity contribution is 6.05. The van der Waals surface area contributed by atoms with Crippen LogP contribution in [-0.4, -0.2) is 36.1 Å². The Morgan fingerprint density at radius 3 is 2.75 bits per heavy atom. The van der Waals surface area contributed by atoms with Crippen molar-refractivity contribution < 1.29 is 14.7 Å². The molecule has 0 spiro atoms. The van der Waals surface area contributed by atoms with E-state index in [1.165, 1.54) is 0 Å².